The molecule has 0 bridgehead atoms. The second-order valence-corrected chi connectivity index (χ2v) is 5.76. The molecule has 0 fully saturated rings. The highest BCUT2D eigenvalue weighted by atomic mass is 16.2. The average molecular weight is 312 g/mol. The van der Waals surface area contributed by atoms with Crippen LogP contribution in [-0.2, 0) is 13.1 Å². The molecule has 0 aliphatic heterocycles. The number of carbonyl (C=O) groups excluding carboxylic acids is 1. The zero-order valence-electron chi connectivity index (χ0n) is 13.8. The van der Waals surface area contributed by atoms with Crippen molar-refractivity contribution < 1.29 is 4.79 Å². The SMILES string of the molecule is CN(C)CCN(Cc1ccccc1)C(=O)c1ccnc(CN)c1. The number of hydrogen-bond donors (Lipinski definition) is 1. The second-order valence-electron chi connectivity index (χ2n) is 5.76. The summed E-state index contributed by atoms with van der Waals surface area (Å²) in [6.45, 7) is 2.40. The molecular weight excluding hydrogens is 288 g/mol. The van der Waals surface area contributed by atoms with Crippen molar-refractivity contribution in [2.24, 2.45) is 5.73 Å². The van der Waals surface area contributed by atoms with Crippen molar-refractivity contribution in [3.8, 4) is 0 Å². The van der Waals surface area contributed by atoms with Crippen LogP contribution in [0.5, 0.6) is 0 Å². The lowest BCUT2D eigenvalue weighted by molar-refractivity contribution is 0.0731. The maximum Gasteiger partial charge on any atom is 0.254 e. The topological polar surface area (TPSA) is 62.5 Å². The van der Waals surface area contributed by atoms with Gasteiger partial charge in [0.2, 0.25) is 0 Å². The van der Waals surface area contributed by atoms with Crippen molar-refractivity contribution in [2.45, 2.75) is 13.1 Å². The van der Waals surface area contributed by atoms with Crippen LogP contribution >= 0.6 is 0 Å². The van der Waals surface area contributed by atoms with Gasteiger partial charge in [-0.1, -0.05) is 30.3 Å². The molecular formula is C18H24N4O. The van der Waals surface area contributed by atoms with E-state index in [9.17, 15) is 4.79 Å². The molecule has 1 amide bonds. The van der Waals surface area contributed by atoms with Gasteiger partial charge in [0.15, 0.2) is 0 Å². The van der Waals surface area contributed by atoms with Crippen LogP contribution < -0.4 is 5.73 Å². The Kier molecular flexibility index (Phi) is 6.26. The highest BCUT2D eigenvalue weighted by Gasteiger charge is 2.16. The molecule has 1 aromatic carbocycles. The van der Waals surface area contributed by atoms with Crippen molar-refractivity contribution >= 4 is 5.91 Å². The molecule has 1 aromatic heterocycles. The van der Waals surface area contributed by atoms with Gasteiger partial charge in [-0.25, -0.2) is 0 Å². The first-order chi connectivity index (χ1) is 11.1. The Morgan fingerprint density at radius 3 is 2.52 bits per heavy atom. The Morgan fingerprint density at radius 1 is 1.13 bits per heavy atom. The number of amides is 1. The minimum atomic E-state index is 0.00723. The fraction of sp³-hybridized carbons (Fsp3) is 0.333. The lowest BCUT2D eigenvalue weighted by atomic mass is 10.1. The predicted octanol–water partition coefficient (Wildman–Crippen LogP) is 1.74. The summed E-state index contributed by atoms with van der Waals surface area (Å²) >= 11 is 0. The number of nitrogens with two attached hydrogens (primary N) is 1. The molecule has 2 rings (SSSR count). The van der Waals surface area contributed by atoms with Gasteiger partial charge in [0, 0.05) is 37.9 Å². The average Bonchev–Trinajstić information content (AvgIpc) is 2.58. The van der Waals surface area contributed by atoms with Crippen LogP contribution in [0.3, 0.4) is 0 Å². The molecule has 0 unspecified atom stereocenters. The Balaban J connectivity index is 2.19. The molecule has 2 aromatic rings. The minimum absolute atomic E-state index is 0.00723. The van der Waals surface area contributed by atoms with Gasteiger partial charge in [0.25, 0.3) is 5.91 Å². The number of aromatic nitrogens is 1. The van der Waals surface area contributed by atoms with Crippen LogP contribution in [0.15, 0.2) is 48.7 Å². The fourth-order valence-electron chi connectivity index (χ4n) is 2.28. The van der Waals surface area contributed by atoms with Gasteiger partial charge in [-0.15, -0.1) is 0 Å². The van der Waals surface area contributed by atoms with E-state index < -0.39 is 0 Å². The first kappa shape index (κ1) is 17.1. The van der Waals surface area contributed by atoms with E-state index in [2.05, 4.69) is 9.88 Å². The highest BCUT2D eigenvalue weighted by molar-refractivity contribution is 5.94. The molecule has 0 aliphatic rings. The van der Waals surface area contributed by atoms with Crippen LogP contribution in [0, 0.1) is 0 Å². The summed E-state index contributed by atoms with van der Waals surface area (Å²) in [5.74, 6) is 0.00723. The third-order valence-electron chi connectivity index (χ3n) is 3.59. The van der Waals surface area contributed by atoms with Crippen molar-refractivity contribution in [1.82, 2.24) is 14.8 Å². The Hall–Kier alpha value is -2.24. The summed E-state index contributed by atoms with van der Waals surface area (Å²) < 4.78 is 0. The molecule has 0 spiro atoms. The van der Waals surface area contributed by atoms with E-state index in [-0.39, 0.29) is 5.91 Å². The quantitative estimate of drug-likeness (QED) is 0.846. The molecule has 0 aliphatic carbocycles. The molecule has 122 valence electrons. The maximum atomic E-state index is 12.9. The summed E-state index contributed by atoms with van der Waals surface area (Å²) in [6, 6.07) is 13.5. The fourth-order valence-corrected chi connectivity index (χ4v) is 2.28. The van der Waals surface area contributed by atoms with Crippen LogP contribution in [0.2, 0.25) is 0 Å². The maximum absolute atomic E-state index is 12.9. The third kappa shape index (κ3) is 5.16. The van der Waals surface area contributed by atoms with E-state index in [1.165, 1.54) is 0 Å². The standard InChI is InChI=1S/C18H24N4O/c1-21(2)10-11-22(14-15-6-4-3-5-7-15)18(23)16-8-9-20-17(12-16)13-19/h3-9,12H,10-11,13-14,19H2,1-2H3. The van der Waals surface area contributed by atoms with E-state index in [1.54, 1.807) is 18.3 Å². The lowest BCUT2D eigenvalue weighted by Crippen LogP contribution is -2.36. The van der Waals surface area contributed by atoms with Crippen LogP contribution in [-0.4, -0.2) is 47.9 Å². The van der Waals surface area contributed by atoms with Gasteiger partial charge < -0.3 is 15.5 Å². The zero-order valence-corrected chi connectivity index (χ0v) is 13.8. The third-order valence-corrected chi connectivity index (χ3v) is 3.59. The number of rotatable bonds is 7. The molecule has 0 radical (unpaired) electrons. The predicted molar refractivity (Wildman–Crippen MR) is 91.9 cm³/mol. The molecule has 0 saturated heterocycles. The van der Waals surface area contributed by atoms with Crippen LogP contribution in [0.4, 0.5) is 0 Å². The molecule has 5 nitrogen and oxygen atoms in total. The van der Waals surface area contributed by atoms with E-state index in [0.29, 0.717) is 25.2 Å². The van der Waals surface area contributed by atoms with Crippen LogP contribution in [0.25, 0.3) is 0 Å². The van der Waals surface area contributed by atoms with Gasteiger partial charge in [-0.2, -0.15) is 0 Å². The van der Waals surface area contributed by atoms with E-state index >= 15 is 0 Å². The van der Waals surface area contributed by atoms with Gasteiger partial charge >= 0.3 is 0 Å². The molecule has 0 saturated carbocycles. The number of likely N-dealkylation sites (N-methyl/N-ethyl adjacent to an activating group) is 1. The number of nitrogens with zero attached hydrogens (tertiary/aromatic N) is 3. The van der Waals surface area contributed by atoms with Crippen molar-refractivity contribution in [1.29, 1.82) is 0 Å². The van der Waals surface area contributed by atoms with Gasteiger partial charge in [-0.05, 0) is 31.8 Å². The second kappa shape index (κ2) is 8.41. The smallest absolute Gasteiger partial charge is 0.254 e. The van der Waals surface area contributed by atoms with Crippen molar-refractivity contribution in [3.63, 3.8) is 0 Å². The Bertz CT molecular complexity index is 628. The largest absolute Gasteiger partial charge is 0.333 e. The van der Waals surface area contributed by atoms with Gasteiger partial charge in [0.05, 0.1) is 5.69 Å². The molecule has 1 heterocycles. The first-order valence-corrected chi connectivity index (χ1v) is 7.73. The summed E-state index contributed by atoms with van der Waals surface area (Å²) in [4.78, 5) is 21.0. The number of carbonyl (C=O) groups is 1. The van der Waals surface area contributed by atoms with E-state index in [1.807, 2.05) is 49.3 Å². The number of hydrogen-bond acceptors (Lipinski definition) is 4. The zero-order chi connectivity index (χ0) is 16.7. The summed E-state index contributed by atoms with van der Waals surface area (Å²) in [7, 11) is 4.01. The number of benzene rings is 1. The number of pyridine rings is 1. The van der Waals surface area contributed by atoms with E-state index in [0.717, 1.165) is 17.8 Å². The molecule has 0 atom stereocenters. The summed E-state index contributed by atoms with van der Waals surface area (Å²) in [5, 5.41) is 0. The monoisotopic (exact) mass is 312 g/mol. The van der Waals surface area contributed by atoms with E-state index in [4.69, 9.17) is 5.73 Å². The summed E-state index contributed by atoms with van der Waals surface area (Å²) in [5.41, 5.74) is 8.10. The molecule has 2 N–H and O–H groups in total. The Labute approximate surface area is 137 Å². The van der Waals surface area contributed by atoms with Gasteiger partial charge in [0.1, 0.15) is 0 Å². The first-order valence-electron chi connectivity index (χ1n) is 7.73. The minimum Gasteiger partial charge on any atom is -0.333 e. The highest BCUT2D eigenvalue weighted by Crippen LogP contribution is 2.11. The normalized spacial score (nSPS) is 10.8. The molecule has 5 heteroatoms. The summed E-state index contributed by atoms with van der Waals surface area (Å²) in [6.07, 6.45) is 1.64. The lowest BCUT2D eigenvalue weighted by Gasteiger charge is -2.25. The molecule has 23 heavy (non-hydrogen) atoms. The van der Waals surface area contributed by atoms with Crippen molar-refractivity contribution in [3.05, 3.63) is 65.5 Å². The van der Waals surface area contributed by atoms with Gasteiger partial charge in [-0.3, -0.25) is 9.78 Å². The van der Waals surface area contributed by atoms with Crippen LogP contribution in [0.1, 0.15) is 21.6 Å². The van der Waals surface area contributed by atoms with Crippen molar-refractivity contribution in [2.75, 3.05) is 27.2 Å². The Morgan fingerprint density at radius 2 is 1.87 bits per heavy atom.